The average Bonchev–Trinajstić information content (AvgIpc) is 3.24. The zero-order valence-corrected chi connectivity index (χ0v) is 17.7. The molecular formula is C24H16Cl2N2O3. The summed E-state index contributed by atoms with van der Waals surface area (Å²) in [7, 11) is 0. The highest BCUT2D eigenvalue weighted by Gasteiger charge is 2.21. The predicted octanol–water partition coefficient (Wildman–Crippen LogP) is 5.89. The molecule has 1 heterocycles. The number of benzene rings is 3. The van der Waals surface area contributed by atoms with Gasteiger partial charge in [-0.2, -0.15) is 5.10 Å². The van der Waals surface area contributed by atoms with E-state index < -0.39 is 12.6 Å². The number of para-hydroxylation sites is 1. The van der Waals surface area contributed by atoms with Crippen LogP contribution in [-0.2, 0) is 4.74 Å². The molecule has 0 atom stereocenters. The quantitative estimate of drug-likeness (QED) is 0.271. The molecule has 0 unspecified atom stereocenters. The number of carbonyl (C=O) groups is 2. The van der Waals surface area contributed by atoms with E-state index in [4.69, 9.17) is 27.9 Å². The van der Waals surface area contributed by atoms with Crippen LogP contribution in [-0.4, -0.2) is 28.1 Å². The minimum Gasteiger partial charge on any atom is -0.454 e. The molecule has 0 aliphatic carbocycles. The van der Waals surface area contributed by atoms with E-state index in [1.807, 2.05) is 30.3 Å². The molecule has 0 radical (unpaired) electrons. The number of nitrogens with zero attached hydrogens (tertiary/aromatic N) is 2. The molecule has 3 aromatic carbocycles. The fraction of sp³-hybridized carbons (Fsp3) is 0.0417. The lowest BCUT2D eigenvalue weighted by molar-refractivity contribution is 0.0475. The second kappa shape index (κ2) is 9.16. The van der Waals surface area contributed by atoms with Crippen LogP contribution in [0.1, 0.15) is 20.7 Å². The highest BCUT2D eigenvalue weighted by atomic mass is 35.5. The molecule has 0 fully saturated rings. The lowest BCUT2D eigenvalue weighted by Crippen LogP contribution is -2.14. The number of ketones is 1. The maximum Gasteiger partial charge on any atom is 0.342 e. The van der Waals surface area contributed by atoms with E-state index in [2.05, 4.69) is 5.10 Å². The Morgan fingerprint density at radius 2 is 1.45 bits per heavy atom. The van der Waals surface area contributed by atoms with Gasteiger partial charge < -0.3 is 4.74 Å². The number of aromatic nitrogens is 2. The Labute approximate surface area is 188 Å². The van der Waals surface area contributed by atoms with Gasteiger partial charge in [-0.05, 0) is 48.5 Å². The Morgan fingerprint density at radius 1 is 0.839 bits per heavy atom. The van der Waals surface area contributed by atoms with E-state index in [-0.39, 0.29) is 11.3 Å². The van der Waals surface area contributed by atoms with Crippen LogP contribution in [0.3, 0.4) is 0 Å². The molecule has 0 saturated heterocycles. The van der Waals surface area contributed by atoms with E-state index >= 15 is 0 Å². The van der Waals surface area contributed by atoms with E-state index in [0.29, 0.717) is 26.9 Å². The molecule has 5 nitrogen and oxygen atoms in total. The van der Waals surface area contributed by atoms with Crippen LogP contribution in [0.2, 0.25) is 10.0 Å². The van der Waals surface area contributed by atoms with Crippen molar-refractivity contribution >= 4 is 35.0 Å². The van der Waals surface area contributed by atoms with E-state index in [1.54, 1.807) is 59.4 Å². The van der Waals surface area contributed by atoms with E-state index in [1.165, 1.54) is 0 Å². The van der Waals surface area contributed by atoms with Crippen LogP contribution in [0, 0.1) is 0 Å². The summed E-state index contributed by atoms with van der Waals surface area (Å²) in [5.74, 6) is -0.969. The van der Waals surface area contributed by atoms with Gasteiger partial charge in [-0.3, -0.25) is 4.79 Å². The van der Waals surface area contributed by atoms with Crippen molar-refractivity contribution in [2.45, 2.75) is 0 Å². The molecule has 4 rings (SSSR count). The van der Waals surface area contributed by atoms with Gasteiger partial charge in [0.05, 0.1) is 5.69 Å². The lowest BCUT2D eigenvalue weighted by atomic mass is 10.1. The Kier molecular flexibility index (Phi) is 6.16. The van der Waals surface area contributed by atoms with Crippen molar-refractivity contribution < 1.29 is 14.3 Å². The first-order valence-electron chi connectivity index (χ1n) is 9.38. The summed E-state index contributed by atoms with van der Waals surface area (Å²) >= 11 is 11.8. The van der Waals surface area contributed by atoms with Gasteiger partial charge in [0.15, 0.2) is 12.4 Å². The Balaban J connectivity index is 1.61. The van der Waals surface area contributed by atoms with Gasteiger partial charge in [0.1, 0.15) is 11.3 Å². The molecule has 0 spiro atoms. The molecule has 7 heteroatoms. The zero-order valence-electron chi connectivity index (χ0n) is 16.2. The lowest BCUT2D eigenvalue weighted by Gasteiger charge is -2.05. The topological polar surface area (TPSA) is 61.2 Å². The maximum absolute atomic E-state index is 12.9. The molecule has 31 heavy (non-hydrogen) atoms. The SMILES string of the molecule is O=C(COC(=O)c1cn(-c2ccccc2)nc1-c1ccc(Cl)cc1)c1ccc(Cl)cc1. The van der Waals surface area contributed by atoms with Gasteiger partial charge >= 0.3 is 5.97 Å². The van der Waals surface area contributed by atoms with Gasteiger partial charge in [0.25, 0.3) is 0 Å². The standard InChI is InChI=1S/C24H16Cl2N2O3/c25-18-10-6-16(7-11-18)22(29)15-31-24(30)21-14-28(20-4-2-1-3-5-20)27-23(21)17-8-12-19(26)13-9-17/h1-14H,15H2. The third-order valence-corrected chi connectivity index (χ3v) is 5.08. The Morgan fingerprint density at radius 3 is 2.10 bits per heavy atom. The summed E-state index contributed by atoms with van der Waals surface area (Å²) < 4.78 is 6.91. The van der Waals surface area contributed by atoms with Crippen LogP contribution in [0.5, 0.6) is 0 Å². The molecule has 154 valence electrons. The fourth-order valence-electron chi connectivity index (χ4n) is 2.99. The minimum atomic E-state index is -0.644. The summed E-state index contributed by atoms with van der Waals surface area (Å²) in [6.07, 6.45) is 1.59. The van der Waals surface area contributed by atoms with Crippen LogP contribution in [0.25, 0.3) is 16.9 Å². The van der Waals surface area contributed by atoms with Crippen molar-refractivity contribution in [2.75, 3.05) is 6.61 Å². The van der Waals surface area contributed by atoms with Gasteiger partial charge in [-0.1, -0.05) is 53.5 Å². The largest absolute Gasteiger partial charge is 0.454 e. The summed E-state index contributed by atoms with van der Waals surface area (Å²) in [4.78, 5) is 25.2. The number of hydrogen-bond acceptors (Lipinski definition) is 4. The predicted molar refractivity (Wildman–Crippen MR) is 120 cm³/mol. The van der Waals surface area contributed by atoms with Crippen LogP contribution in [0.15, 0.2) is 85.1 Å². The molecule has 0 saturated carbocycles. The van der Waals surface area contributed by atoms with Gasteiger partial charge in [-0.15, -0.1) is 0 Å². The van der Waals surface area contributed by atoms with Crippen molar-refractivity contribution in [3.8, 4) is 16.9 Å². The van der Waals surface area contributed by atoms with Gasteiger partial charge in [0.2, 0.25) is 0 Å². The number of esters is 1. The van der Waals surface area contributed by atoms with E-state index in [0.717, 1.165) is 5.69 Å². The fourth-order valence-corrected chi connectivity index (χ4v) is 3.24. The molecule has 0 aliphatic rings. The average molecular weight is 451 g/mol. The van der Waals surface area contributed by atoms with Gasteiger partial charge in [-0.25, -0.2) is 9.48 Å². The molecule has 0 aliphatic heterocycles. The van der Waals surface area contributed by atoms with E-state index in [9.17, 15) is 9.59 Å². The van der Waals surface area contributed by atoms with Crippen LogP contribution >= 0.6 is 23.2 Å². The highest BCUT2D eigenvalue weighted by Crippen LogP contribution is 2.26. The Bertz CT molecular complexity index is 1220. The third kappa shape index (κ3) is 4.85. The van der Waals surface area contributed by atoms with Crippen molar-refractivity contribution in [2.24, 2.45) is 0 Å². The molecule has 0 bridgehead atoms. The number of Topliss-reactive ketones (excluding diaryl/α,β-unsaturated/α-hetero) is 1. The smallest absolute Gasteiger partial charge is 0.342 e. The number of hydrogen-bond donors (Lipinski definition) is 0. The molecular weight excluding hydrogens is 435 g/mol. The number of ether oxygens (including phenoxy) is 1. The molecule has 1 aromatic heterocycles. The van der Waals surface area contributed by atoms with Crippen molar-refractivity contribution in [1.82, 2.24) is 9.78 Å². The molecule has 0 amide bonds. The first-order chi connectivity index (χ1) is 15.0. The first kappa shape index (κ1) is 20.8. The van der Waals surface area contributed by atoms with Crippen molar-refractivity contribution in [1.29, 1.82) is 0 Å². The second-order valence-electron chi connectivity index (χ2n) is 6.68. The Hall–Kier alpha value is -3.41. The maximum atomic E-state index is 12.9. The second-order valence-corrected chi connectivity index (χ2v) is 7.56. The third-order valence-electron chi connectivity index (χ3n) is 4.57. The monoisotopic (exact) mass is 450 g/mol. The summed E-state index contributed by atoms with van der Waals surface area (Å²) in [5, 5.41) is 5.67. The van der Waals surface area contributed by atoms with Crippen molar-refractivity contribution in [3.05, 3.63) is 106 Å². The van der Waals surface area contributed by atoms with Crippen LogP contribution in [0.4, 0.5) is 0 Å². The summed E-state index contributed by atoms with van der Waals surface area (Å²) in [6, 6.07) is 22.8. The van der Waals surface area contributed by atoms with Crippen LogP contribution < -0.4 is 0 Å². The highest BCUT2D eigenvalue weighted by molar-refractivity contribution is 6.31. The molecule has 4 aromatic rings. The minimum absolute atomic E-state index is 0.245. The normalized spacial score (nSPS) is 10.6. The van der Waals surface area contributed by atoms with Crippen molar-refractivity contribution in [3.63, 3.8) is 0 Å². The summed E-state index contributed by atoms with van der Waals surface area (Å²) in [6.45, 7) is -0.392. The summed E-state index contributed by atoms with van der Waals surface area (Å²) in [5.41, 5.74) is 2.58. The number of halogens is 2. The number of rotatable bonds is 6. The molecule has 0 N–H and O–H groups in total. The first-order valence-corrected chi connectivity index (χ1v) is 10.1. The zero-order chi connectivity index (χ0) is 21.8. The number of carbonyl (C=O) groups excluding carboxylic acids is 2. The van der Waals surface area contributed by atoms with Gasteiger partial charge in [0, 0.05) is 27.4 Å².